The summed E-state index contributed by atoms with van der Waals surface area (Å²) < 4.78 is 11.4. The summed E-state index contributed by atoms with van der Waals surface area (Å²) in [5, 5.41) is 3.72. The molecule has 2 heterocycles. The maximum atomic E-state index is 13.3. The molecule has 0 saturated carbocycles. The zero-order valence-corrected chi connectivity index (χ0v) is 18.7. The fourth-order valence-electron chi connectivity index (χ4n) is 5.00. The van der Waals surface area contributed by atoms with Crippen molar-refractivity contribution >= 4 is 11.8 Å². The number of piperidine rings is 1. The van der Waals surface area contributed by atoms with Crippen LogP contribution in [0.25, 0.3) is 0 Å². The maximum Gasteiger partial charge on any atom is 0.415 e. The van der Waals surface area contributed by atoms with Gasteiger partial charge < -0.3 is 14.8 Å². The van der Waals surface area contributed by atoms with Crippen LogP contribution in [0.1, 0.15) is 35.1 Å². The molecule has 3 aromatic carbocycles. The van der Waals surface area contributed by atoms with E-state index in [1.807, 2.05) is 47.4 Å². The molecular formula is C28H28N2O3. The molecule has 3 atom stereocenters. The molecule has 5 nitrogen and oxygen atoms in total. The summed E-state index contributed by atoms with van der Waals surface area (Å²) in [4.78, 5) is 15.2. The van der Waals surface area contributed by atoms with Crippen LogP contribution in [0.4, 0.5) is 10.5 Å². The van der Waals surface area contributed by atoms with Crippen LogP contribution in [0.3, 0.4) is 0 Å². The highest BCUT2D eigenvalue weighted by Crippen LogP contribution is 2.48. The number of carbonyl (C=O) groups is 1. The van der Waals surface area contributed by atoms with E-state index < -0.39 is 0 Å². The average molecular weight is 441 g/mol. The van der Waals surface area contributed by atoms with E-state index in [-0.39, 0.29) is 18.2 Å². The summed E-state index contributed by atoms with van der Waals surface area (Å²) in [6.45, 7) is 6.91. The van der Waals surface area contributed by atoms with E-state index in [9.17, 15) is 4.79 Å². The second-order valence-corrected chi connectivity index (χ2v) is 8.64. The molecule has 0 aromatic heterocycles. The number of benzene rings is 3. The number of aryl methyl sites for hydroxylation is 1. The quantitative estimate of drug-likeness (QED) is 0.488. The van der Waals surface area contributed by atoms with Gasteiger partial charge in [-0.2, -0.15) is 0 Å². The highest BCUT2D eigenvalue weighted by molar-refractivity contribution is 5.73. The lowest BCUT2D eigenvalue weighted by atomic mass is 9.81. The molecule has 2 aliphatic heterocycles. The fraction of sp³-hybridized carbons (Fsp3) is 0.250. The summed E-state index contributed by atoms with van der Waals surface area (Å²) in [6.07, 6.45) is 2.28. The number of hydrogen-bond acceptors (Lipinski definition) is 4. The molecule has 5 heteroatoms. The van der Waals surface area contributed by atoms with Gasteiger partial charge in [0.25, 0.3) is 0 Å². The van der Waals surface area contributed by atoms with Crippen LogP contribution in [0.2, 0.25) is 0 Å². The minimum Gasteiger partial charge on any atom is -0.490 e. The van der Waals surface area contributed by atoms with Gasteiger partial charge in [0.2, 0.25) is 0 Å². The molecule has 0 spiro atoms. The Bertz CT molecular complexity index is 1140. The third kappa shape index (κ3) is 4.19. The number of rotatable bonds is 5. The average Bonchev–Trinajstić information content (AvgIpc) is 3.21. The van der Waals surface area contributed by atoms with Crippen LogP contribution < -0.4 is 14.8 Å². The first-order valence-electron chi connectivity index (χ1n) is 11.4. The summed E-state index contributed by atoms with van der Waals surface area (Å²) in [6, 6.07) is 23.7. The van der Waals surface area contributed by atoms with Crippen molar-refractivity contribution in [2.75, 3.05) is 18.5 Å². The van der Waals surface area contributed by atoms with Crippen molar-refractivity contribution in [2.24, 2.45) is 0 Å². The number of para-hydroxylation sites is 1. The number of likely N-dealkylation sites (tertiary alicyclic amines) is 1. The minimum absolute atomic E-state index is 0.0683. The summed E-state index contributed by atoms with van der Waals surface area (Å²) in [5.41, 5.74) is 4.80. The Morgan fingerprint density at radius 2 is 1.88 bits per heavy atom. The van der Waals surface area contributed by atoms with E-state index in [0.29, 0.717) is 24.8 Å². The Morgan fingerprint density at radius 1 is 1.09 bits per heavy atom. The Balaban J connectivity index is 1.47. The number of anilines is 1. The first-order valence-corrected chi connectivity index (χ1v) is 11.4. The maximum absolute atomic E-state index is 13.3. The lowest BCUT2D eigenvalue weighted by molar-refractivity contribution is 0.102. The Hall–Kier alpha value is -3.73. The number of nitrogens with zero attached hydrogens (tertiary/aromatic N) is 1. The number of nitrogens with one attached hydrogen (secondary N) is 1. The van der Waals surface area contributed by atoms with E-state index in [4.69, 9.17) is 9.47 Å². The van der Waals surface area contributed by atoms with E-state index in [2.05, 4.69) is 37.0 Å². The number of ether oxygens (including phenoxy) is 2. The second kappa shape index (κ2) is 9.02. The zero-order chi connectivity index (χ0) is 22.8. The highest BCUT2D eigenvalue weighted by atomic mass is 16.6. The largest absolute Gasteiger partial charge is 0.490 e. The molecule has 3 unspecified atom stereocenters. The van der Waals surface area contributed by atoms with Crippen LogP contribution in [0.15, 0.2) is 85.5 Å². The molecule has 0 radical (unpaired) electrons. The third-order valence-corrected chi connectivity index (χ3v) is 6.49. The fourth-order valence-corrected chi connectivity index (χ4v) is 5.00. The van der Waals surface area contributed by atoms with Gasteiger partial charge >= 0.3 is 6.09 Å². The van der Waals surface area contributed by atoms with Crippen molar-refractivity contribution in [1.29, 1.82) is 0 Å². The van der Waals surface area contributed by atoms with E-state index in [1.165, 1.54) is 11.1 Å². The standard InChI is InChI=1S/C28H28N2O3/c1-3-17-32-21-12-10-20(11-13-21)27-26-23(24-18-19(2)9-14-25(24)29-26)15-16-30(27)28(31)33-22-7-5-4-6-8-22/h3-14,18,23,26-27,29H,1,15-17H2,2H3. The molecular weight excluding hydrogens is 412 g/mol. The van der Waals surface area contributed by atoms with Crippen LogP contribution >= 0.6 is 0 Å². The molecule has 0 aliphatic carbocycles. The first-order chi connectivity index (χ1) is 16.1. The Kier molecular flexibility index (Phi) is 5.78. The lowest BCUT2D eigenvalue weighted by Crippen LogP contribution is -2.50. The number of carbonyl (C=O) groups excluding carboxylic acids is 1. The van der Waals surface area contributed by atoms with Gasteiger partial charge in [0.1, 0.15) is 18.1 Å². The normalized spacial score (nSPS) is 20.9. The smallest absolute Gasteiger partial charge is 0.415 e. The molecule has 33 heavy (non-hydrogen) atoms. The predicted molar refractivity (Wildman–Crippen MR) is 130 cm³/mol. The monoisotopic (exact) mass is 440 g/mol. The van der Waals surface area contributed by atoms with Crippen molar-refractivity contribution in [3.63, 3.8) is 0 Å². The molecule has 3 aromatic rings. The Labute approximate surface area is 194 Å². The molecule has 1 amide bonds. The predicted octanol–water partition coefficient (Wildman–Crippen LogP) is 6.08. The van der Waals surface area contributed by atoms with Crippen LogP contribution in [0.5, 0.6) is 11.5 Å². The molecule has 1 N–H and O–H groups in total. The van der Waals surface area contributed by atoms with Crippen molar-refractivity contribution in [3.05, 3.63) is 102 Å². The van der Waals surface area contributed by atoms with E-state index >= 15 is 0 Å². The van der Waals surface area contributed by atoms with Gasteiger partial charge in [-0.1, -0.05) is 60.7 Å². The zero-order valence-electron chi connectivity index (χ0n) is 18.7. The molecule has 168 valence electrons. The molecule has 2 aliphatic rings. The van der Waals surface area contributed by atoms with Crippen molar-refractivity contribution in [1.82, 2.24) is 4.90 Å². The van der Waals surface area contributed by atoms with Crippen LogP contribution in [0, 0.1) is 6.92 Å². The van der Waals surface area contributed by atoms with Gasteiger partial charge in [0.15, 0.2) is 0 Å². The van der Waals surface area contributed by atoms with E-state index in [1.54, 1.807) is 18.2 Å². The molecule has 0 bridgehead atoms. The van der Waals surface area contributed by atoms with Gasteiger partial charge in [0.05, 0.1) is 12.1 Å². The van der Waals surface area contributed by atoms with Crippen molar-refractivity contribution < 1.29 is 14.3 Å². The lowest BCUT2D eigenvalue weighted by Gasteiger charge is -2.42. The number of amides is 1. The van der Waals surface area contributed by atoms with Crippen LogP contribution in [-0.4, -0.2) is 30.2 Å². The number of hydrogen-bond donors (Lipinski definition) is 1. The summed E-state index contributed by atoms with van der Waals surface area (Å²) >= 11 is 0. The molecule has 1 saturated heterocycles. The highest BCUT2D eigenvalue weighted by Gasteiger charge is 2.46. The molecule has 5 rings (SSSR count). The second-order valence-electron chi connectivity index (χ2n) is 8.64. The van der Waals surface area contributed by atoms with Gasteiger partial charge in [0, 0.05) is 18.2 Å². The van der Waals surface area contributed by atoms with Gasteiger partial charge in [-0.3, -0.25) is 4.90 Å². The third-order valence-electron chi connectivity index (χ3n) is 6.49. The van der Waals surface area contributed by atoms with Crippen molar-refractivity contribution in [2.45, 2.75) is 31.3 Å². The summed E-state index contributed by atoms with van der Waals surface area (Å²) in [7, 11) is 0. The SMILES string of the molecule is C=CCOc1ccc(C2C3Nc4ccc(C)cc4C3CCN2C(=O)Oc2ccccc2)cc1. The molecule has 1 fully saturated rings. The van der Waals surface area contributed by atoms with Gasteiger partial charge in [-0.05, 0) is 54.8 Å². The van der Waals surface area contributed by atoms with Crippen molar-refractivity contribution in [3.8, 4) is 11.5 Å². The van der Waals surface area contributed by atoms with E-state index in [0.717, 1.165) is 23.4 Å². The van der Waals surface area contributed by atoms with Gasteiger partial charge in [-0.15, -0.1) is 0 Å². The van der Waals surface area contributed by atoms with Gasteiger partial charge in [-0.25, -0.2) is 4.79 Å². The van der Waals surface area contributed by atoms with Crippen LogP contribution in [-0.2, 0) is 0 Å². The minimum atomic E-state index is -0.328. The first kappa shape index (κ1) is 21.1. The Morgan fingerprint density at radius 3 is 2.64 bits per heavy atom. The summed E-state index contributed by atoms with van der Waals surface area (Å²) in [5.74, 6) is 1.67. The number of fused-ring (bicyclic) bond motifs is 3. The topological polar surface area (TPSA) is 50.8 Å².